The van der Waals surface area contributed by atoms with Crippen LogP contribution in [-0.4, -0.2) is 55.0 Å². The molecule has 1 aliphatic rings. The summed E-state index contributed by atoms with van der Waals surface area (Å²) in [5.41, 5.74) is 0. The van der Waals surface area contributed by atoms with Gasteiger partial charge in [-0.15, -0.1) is 0 Å². The molecule has 1 heterocycles. The minimum absolute atomic E-state index is 0.264. The fourth-order valence-corrected chi connectivity index (χ4v) is 1.97. The van der Waals surface area contributed by atoms with Crippen LogP contribution in [0.25, 0.3) is 0 Å². The molecule has 0 spiro atoms. The zero-order chi connectivity index (χ0) is 15.7. The monoisotopic (exact) mass is 302 g/mol. The minimum atomic E-state index is -0.971. The van der Waals surface area contributed by atoms with E-state index in [1.165, 1.54) is 0 Å². The summed E-state index contributed by atoms with van der Waals surface area (Å²) in [6.45, 7) is 2.73. The molecule has 2 atom stereocenters. The summed E-state index contributed by atoms with van der Waals surface area (Å²) in [7, 11) is 0. The van der Waals surface area contributed by atoms with Gasteiger partial charge in [0.15, 0.2) is 6.10 Å². The minimum Gasteiger partial charge on any atom is -0.479 e. The quantitative estimate of drug-likeness (QED) is 0.438. The van der Waals surface area contributed by atoms with Crippen molar-refractivity contribution in [2.45, 2.75) is 44.8 Å². The Morgan fingerprint density at radius 1 is 1.29 bits per heavy atom. The lowest BCUT2D eigenvalue weighted by Crippen LogP contribution is -2.40. The van der Waals surface area contributed by atoms with Crippen molar-refractivity contribution < 1.29 is 29.0 Å². The fourth-order valence-electron chi connectivity index (χ4n) is 1.97. The van der Waals surface area contributed by atoms with Crippen molar-refractivity contribution in [3.05, 3.63) is 0 Å². The van der Waals surface area contributed by atoms with E-state index in [0.717, 1.165) is 0 Å². The van der Waals surface area contributed by atoms with Gasteiger partial charge in [-0.1, -0.05) is 0 Å². The molecule has 1 rings (SSSR count). The second-order valence-corrected chi connectivity index (χ2v) is 4.71. The third-order valence-corrected chi connectivity index (χ3v) is 3.02. The van der Waals surface area contributed by atoms with Gasteiger partial charge in [0.05, 0.1) is 12.7 Å². The Hall–Kier alpha value is -1.83. The predicted molar refractivity (Wildman–Crippen MR) is 72.8 cm³/mol. The fraction of sp³-hybridized carbons (Fsp3) is 0.769. The van der Waals surface area contributed by atoms with E-state index in [1.54, 1.807) is 6.92 Å². The van der Waals surface area contributed by atoms with Gasteiger partial charge in [0.2, 0.25) is 0 Å². The number of amides is 2. The van der Waals surface area contributed by atoms with Crippen LogP contribution in [0.5, 0.6) is 0 Å². The topological polar surface area (TPSA) is 114 Å². The Balaban J connectivity index is 2.04. The molecular formula is C13H22N2O6. The predicted octanol–water partition coefficient (Wildman–Crippen LogP) is 0.261. The van der Waals surface area contributed by atoms with Crippen LogP contribution < -0.4 is 10.6 Å². The van der Waals surface area contributed by atoms with Crippen molar-refractivity contribution in [3.8, 4) is 0 Å². The second kappa shape index (κ2) is 9.17. The number of urea groups is 1. The van der Waals surface area contributed by atoms with Crippen LogP contribution >= 0.6 is 0 Å². The van der Waals surface area contributed by atoms with E-state index in [2.05, 4.69) is 10.6 Å². The summed E-state index contributed by atoms with van der Waals surface area (Å²) in [5.74, 6) is -1.25. The van der Waals surface area contributed by atoms with Gasteiger partial charge < -0.3 is 25.2 Å². The maximum atomic E-state index is 11.5. The molecule has 1 saturated heterocycles. The van der Waals surface area contributed by atoms with E-state index in [1.807, 2.05) is 0 Å². The SMILES string of the molecule is CCOC(=O)CCCNC(=O)NCC1CCC(C(=O)O)O1. The summed E-state index contributed by atoms with van der Waals surface area (Å²) in [4.78, 5) is 33.2. The first-order valence-electron chi connectivity index (χ1n) is 7.08. The molecule has 3 N–H and O–H groups in total. The first-order chi connectivity index (χ1) is 10.0. The summed E-state index contributed by atoms with van der Waals surface area (Å²) >= 11 is 0. The molecule has 0 aliphatic carbocycles. The van der Waals surface area contributed by atoms with E-state index in [4.69, 9.17) is 14.6 Å². The first kappa shape index (κ1) is 17.2. The summed E-state index contributed by atoms with van der Waals surface area (Å²) in [6, 6.07) is -0.360. The highest BCUT2D eigenvalue weighted by Gasteiger charge is 2.30. The van der Waals surface area contributed by atoms with Crippen LogP contribution in [0.15, 0.2) is 0 Å². The van der Waals surface area contributed by atoms with Crippen molar-refractivity contribution in [2.75, 3.05) is 19.7 Å². The molecule has 0 aromatic rings. The lowest BCUT2D eigenvalue weighted by Gasteiger charge is -2.13. The average Bonchev–Trinajstić information content (AvgIpc) is 2.91. The Bertz CT molecular complexity index is 374. The molecule has 0 radical (unpaired) electrons. The van der Waals surface area contributed by atoms with Gasteiger partial charge in [-0.05, 0) is 26.2 Å². The van der Waals surface area contributed by atoms with Crippen LogP contribution in [0.4, 0.5) is 4.79 Å². The molecule has 2 amide bonds. The molecule has 0 bridgehead atoms. The smallest absolute Gasteiger partial charge is 0.332 e. The van der Waals surface area contributed by atoms with E-state index in [0.29, 0.717) is 32.4 Å². The van der Waals surface area contributed by atoms with Gasteiger partial charge in [-0.2, -0.15) is 0 Å². The largest absolute Gasteiger partial charge is 0.479 e. The van der Waals surface area contributed by atoms with Crippen molar-refractivity contribution in [1.82, 2.24) is 10.6 Å². The Labute approximate surface area is 123 Å². The van der Waals surface area contributed by atoms with Gasteiger partial charge >= 0.3 is 18.0 Å². The highest BCUT2D eigenvalue weighted by atomic mass is 16.5. The summed E-state index contributed by atoms with van der Waals surface area (Å²) in [5, 5.41) is 14.0. The Morgan fingerprint density at radius 3 is 2.67 bits per heavy atom. The van der Waals surface area contributed by atoms with E-state index in [9.17, 15) is 14.4 Å². The number of esters is 1. The zero-order valence-corrected chi connectivity index (χ0v) is 12.1. The number of rotatable bonds is 8. The van der Waals surface area contributed by atoms with Crippen molar-refractivity contribution in [3.63, 3.8) is 0 Å². The highest BCUT2D eigenvalue weighted by molar-refractivity contribution is 5.74. The van der Waals surface area contributed by atoms with Gasteiger partial charge in [0.25, 0.3) is 0 Å². The van der Waals surface area contributed by atoms with Gasteiger partial charge in [-0.25, -0.2) is 9.59 Å². The van der Waals surface area contributed by atoms with Crippen molar-refractivity contribution in [2.24, 2.45) is 0 Å². The van der Waals surface area contributed by atoms with Gasteiger partial charge in [-0.3, -0.25) is 4.79 Å². The average molecular weight is 302 g/mol. The second-order valence-electron chi connectivity index (χ2n) is 4.71. The molecule has 1 fully saturated rings. The van der Waals surface area contributed by atoms with Crippen LogP contribution in [0.1, 0.15) is 32.6 Å². The normalized spacial score (nSPS) is 20.8. The lowest BCUT2D eigenvalue weighted by molar-refractivity contribution is -0.149. The highest BCUT2D eigenvalue weighted by Crippen LogP contribution is 2.19. The molecule has 8 heteroatoms. The zero-order valence-electron chi connectivity index (χ0n) is 12.1. The lowest BCUT2D eigenvalue weighted by atomic mass is 10.2. The van der Waals surface area contributed by atoms with Crippen LogP contribution in [0, 0.1) is 0 Å². The Morgan fingerprint density at radius 2 is 2.05 bits per heavy atom. The summed E-state index contributed by atoms with van der Waals surface area (Å²) in [6.07, 6.45) is 0.803. The molecule has 21 heavy (non-hydrogen) atoms. The molecular weight excluding hydrogens is 280 g/mol. The molecule has 1 aliphatic heterocycles. The number of hydrogen-bond acceptors (Lipinski definition) is 5. The maximum Gasteiger partial charge on any atom is 0.332 e. The van der Waals surface area contributed by atoms with Crippen LogP contribution in [-0.2, 0) is 19.1 Å². The number of nitrogens with one attached hydrogen (secondary N) is 2. The third kappa shape index (κ3) is 6.94. The first-order valence-corrected chi connectivity index (χ1v) is 7.08. The third-order valence-electron chi connectivity index (χ3n) is 3.02. The maximum absolute atomic E-state index is 11.5. The number of carboxylic acids is 1. The molecule has 120 valence electrons. The van der Waals surface area contributed by atoms with Crippen LogP contribution in [0.2, 0.25) is 0 Å². The number of hydrogen-bond donors (Lipinski definition) is 3. The number of ether oxygens (including phenoxy) is 2. The van der Waals surface area contributed by atoms with Crippen LogP contribution in [0.3, 0.4) is 0 Å². The molecule has 0 saturated carbocycles. The molecule has 8 nitrogen and oxygen atoms in total. The molecule has 0 aromatic heterocycles. The number of carboxylic acid groups (broad SMARTS) is 1. The molecule has 0 aromatic carbocycles. The van der Waals surface area contributed by atoms with E-state index < -0.39 is 12.1 Å². The van der Waals surface area contributed by atoms with Gasteiger partial charge in [0.1, 0.15) is 0 Å². The standard InChI is InChI=1S/C13H22N2O6/c1-2-20-11(16)4-3-7-14-13(19)15-8-9-5-6-10(21-9)12(17)18/h9-10H,2-8H2,1H3,(H,17,18)(H2,14,15,19). The number of aliphatic carboxylic acids is 1. The van der Waals surface area contributed by atoms with Gasteiger partial charge in [0, 0.05) is 19.5 Å². The van der Waals surface area contributed by atoms with E-state index in [-0.39, 0.29) is 31.1 Å². The Kier molecular flexibility index (Phi) is 7.52. The summed E-state index contributed by atoms with van der Waals surface area (Å²) < 4.78 is 10.0. The molecule has 2 unspecified atom stereocenters. The van der Waals surface area contributed by atoms with E-state index >= 15 is 0 Å². The number of carbonyl (C=O) groups is 3. The van der Waals surface area contributed by atoms with Crippen molar-refractivity contribution >= 4 is 18.0 Å². The van der Waals surface area contributed by atoms with Crippen molar-refractivity contribution in [1.29, 1.82) is 0 Å². The number of carbonyl (C=O) groups excluding carboxylic acids is 2.